The standard InChI is InChI=1S/C21H22FN5O3/c1-14-4-2-6-18(23-14)24-19(28)16-5-3-11-26(12-16)13-27-21(29)30-20(25-27)15-7-9-17(22)10-8-15/h2,4,6-10,16H,3,5,11-13H2,1H3,(H,23,24,28). The summed E-state index contributed by atoms with van der Waals surface area (Å²) in [5.41, 5.74) is 1.36. The molecule has 2 aromatic heterocycles. The highest BCUT2D eigenvalue weighted by Crippen LogP contribution is 2.20. The molecule has 0 bridgehead atoms. The fourth-order valence-corrected chi connectivity index (χ4v) is 3.53. The Morgan fingerprint density at radius 2 is 2.07 bits per heavy atom. The number of aromatic nitrogens is 3. The van der Waals surface area contributed by atoms with Crippen LogP contribution in [0, 0.1) is 18.7 Å². The van der Waals surface area contributed by atoms with Crippen LogP contribution in [0.3, 0.4) is 0 Å². The van der Waals surface area contributed by atoms with Gasteiger partial charge >= 0.3 is 5.76 Å². The van der Waals surface area contributed by atoms with Crippen LogP contribution in [-0.2, 0) is 11.5 Å². The van der Waals surface area contributed by atoms with Crippen LogP contribution in [-0.4, -0.2) is 38.7 Å². The van der Waals surface area contributed by atoms with Crippen LogP contribution < -0.4 is 11.1 Å². The van der Waals surface area contributed by atoms with Crippen LogP contribution in [0.4, 0.5) is 10.2 Å². The van der Waals surface area contributed by atoms with Crippen LogP contribution in [0.25, 0.3) is 11.5 Å². The molecule has 1 aromatic carbocycles. The Kier molecular flexibility index (Phi) is 5.71. The number of pyridine rings is 1. The first-order chi connectivity index (χ1) is 14.5. The second-order valence-corrected chi connectivity index (χ2v) is 7.39. The molecule has 1 atom stereocenters. The van der Waals surface area contributed by atoms with E-state index in [4.69, 9.17) is 4.42 Å². The van der Waals surface area contributed by atoms with Crippen LogP contribution in [0.5, 0.6) is 0 Å². The number of anilines is 1. The Balaban J connectivity index is 1.41. The lowest BCUT2D eigenvalue weighted by molar-refractivity contribution is -0.121. The number of hydrogen-bond acceptors (Lipinski definition) is 6. The fourth-order valence-electron chi connectivity index (χ4n) is 3.53. The first-order valence-electron chi connectivity index (χ1n) is 9.79. The highest BCUT2D eigenvalue weighted by Gasteiger charge is 2.27. The Hall–Kier alpha value is -3.33. The highest BCUT2D eigenvalue weighted by molar-refractivity contribution is 5.91. The molecule has 0 aliphatic carbocycles. The molecule has 9 heteroatoms. The van der Waals surface area contributed by atoms with Crippen molar-refractivity contribution < 1.29 is 13.6 Å². The molecule has 0 radical (unpaired) electrons. The lowest BCUT2D eigenvalue weighted by Gasteiger charge is -2.31. The minimum Gasteiger partial charge on any atom is -0.388 e. The van der Waals surface area contributed by atoms with Crippen molar-refractivity contribution in [3.05, 3.63) is 64.5 Å². The van der Waals surface area contributed by atoms with Gasteiger partial charge in [0.25, 0.3) is 0 Å². The number of amides is 1. The first kappa shape index (κ1) is 20.0. The first-order valence-corrected chi connectivity index (χ1v) is 9.79. The number of likely N-dealkylation sites (tertiary alicyclic amines) is 1. The van der Waals surface area contributed by atoms with E-state index in [1.165, 1.54) is 28.9 Å². The molecular formula is C21H22FN5O3. The molecule has 30 heavy (non-hydrogen) atoms. The summed E-state index contributed by atoms with van der Waals surface area (Å²) in [7, 11) is 0. The summed E-state index contributed by atoms with van der Waals surface area (Å²) in [5.74, 6) is -0.591. The topological polar surface area (TPSA) is 93.3 Å². The van der Waals surface area contributed by atoms with E-state index in [0.717, 1.165) is 25.1 Å². The number of rotatable bonds is 5. The zero-order valence-electron chi connectivity index (χ0n) is 16.5. The summed E-state index contributed by atoms with van der Waals surface area (Å²) in [6.45, 7) is 3.34. The minimum atomic E-state index is -0.593. The Morgan fingerprint density at radius 3 is 2.83 bits per heavy atom. The maximum atomic E-state index is 13.1. The normalized spacial score (nSPS) is 17.1. The third-order valence-electron chi connectivity index (χ3n) is 5.05. The van der Waals surface area contributed by atoms with Crippen molar-refractivity contribution in [1.82, 2.24) is 19.7 Å². The summed E-state index contributed by atoms with van der Waals surface area (Å²) in [5, 5.41) is 7.08. The molecule has 1 amide bonds. The molecule has 8 nitrogen and oxygen atoms in total. The molecule has 1 N–H and O–H groups in total. The van der Waals surface area contributed by atoms with Gasteiger partial charge in [-0.1, -0.05) is 6.07 Å². The Morgan fingerprint density at radius 1 is 1.27 bits per heavy atom. The predicted molar refractivity (Wildman–Crippen MR) is 108 cm³/mol. The van der Waals surface area contributed by atoms with Gasteiger partial charge in [0.2, 0.25) is 11.8 Å². The summed E-state index contributed by atoms with van der Waals surface area (Å²) in [4.78, 5) is 31.1. The number of hydrogen-bond donors (Lipinski definition) is 1. The lowest BCUT2D eigenvalue weighted by atomic mass is 9.97. The smallest absolute Gasteiger partial charge is 0.388 e. The Bertz CT molecular complexity index is 1090. The number of nitrogens with zero attached hydrogens (tertiary/aromatic N) is 4. The molecule has 3 aromatic rings. The predicted octanol–water partition coefficient (Wildman–Crippen LogP) is 2.65. The van der Waals surface area contributed by atoms with Crippen molar-refractivity contribution in [3.8, 4) is 11.5 Å². The number of piperidine rings is 1. The fraction of sp³-hybridized carbons (Fsp3) is 0.333. The van der Waals surface area contributed by atoms with Gasteiger partial charge in [0.1, 0.15) is 18.3 Å². The molecule has 1 aliphatic heterocycles. The summed E-state index contributed by atoms with van der Waals surface area (Å²) in [6.07, 6.45) is 1.60. The van der Waals surface area contributed by atoms with Crippen molar-refractivity contribution in [1.29, 1.82) is 0 Å². The van der Waals surface area contributed by atoms with Crippen LogP contribution >= 0.6 is 0 Å². The van der Waals surface area contributed by atoms with Gasteiger partial charge in [-0.25, -0.2) is 14.2 Å². The molecule has 4 rings (SSSR count). The number of halogens is 1. The van der Waals surface area contributed by atoms with E-state index in [0.29, 0.717) is 17.9 Å². The van der Waals surface area contributed by atoms with E-state index < -0.39 is 5.76 Å². The number of benzene rings is 1. The Labute approximate surface area is 172 Å². The minimum absolute atomic E-state index is 0.0858. The van der Waals surface area contributed by atoms with Crippen LogP contribution in [0.15, 0.2) is 51.7 Å². The van der Waals surface area contributed by atoms with E-state index in [1.54, 1.807) is 6.07 Å². The van der Waals surface area contributed by atoms with E-state index in [9.17, 15) is 14.0 Å². The van der Waals surface area contributed by atoms with Gasteiger partial charge in [0.15, 0.2) is 0 Å². The van der Waals surface area contributed by atoms with Crippen molar-refractivity contribution in [2.75, 3.05) is 18.4 Å². The van der Waals surface area contributed by atoms with E-state index in [1.807, 2.05) is 24.0 Å². The van der Waals surface area contributed by atoms with Gasteiger partial charge < -0.3 is 9.73 Å². The average molecular weight is 411 g/mol. The molecule has 1 saturated heterocycles. The molecule has 156 valence electrons. The second-order valence-electron chi connectivity index (χ2n) is 7.39. The molecular weight excluding hydrogens is 389 g/mol. The van der Waals surface area contributed by atoms with E-state index >= 15 is 0 Å². The number of carbonyl (C=O) groups excluding carboxylic acids is 1. The van der Waals surface area contributed by atoms with Gasteiger partial charge in [-0.3, -0.25) is 9.69 Å². The SMILES string of the molecule is Cc1cccc(NC(=O)C2CCCN(Cn3nc(-c4ccc(F)cc4)oc3=O)C2)n1. The summed E-state index contributed by atoms with van der Waals surface area (Å²) in [6, 6.07) is 11.1. The van der Waals surface area contributed by atoms with E-state index in [2.05, 4.69) is 15.4 Å². The van der Waals surface area contributed by atoms with Crippen LogP contribution in [0.1, 0.15) is 18.5 Å². The maximum absolute atomic E-state index is 13.1. The average Bonchev–Trinajstić information content (AvgIpc) is 3.09. The molecule has 0 saturated carbocycles. The lowest BCUT2D eigenvalue weighted by Crippen LogP contribution is -2.42. The summed E-state index contributed by atoms with van der Waals surface area (Å²) >= 11 is 0. The van der Waals surface area contributed by atoms with Gasteiger partial charge in [0, 0.05) is 17.8 Å². The highest BCUT2D eigenvalue weighted by atomic mass is 19.1. The maximum Gasteiger partial charge on any atom is 0.438 e. The largest absolute Gasteiger partial charge is 0.438 e. The van der Waals surface area contributed by atoms with Crippen molar-refractivity contribution >= 4 is 11.7 Å². The second kappa shape index (κ2) is 8.58. The van der Waals surface area contributed by atoms with Gasteiger partial charge in [0.05, 0.1) is 5.92 Å². The van der Waals surface area contributed by atoms with Gasteiger partial charge in [-0.15, -0.1) is 5.10 Å². The molecule has 0 spiro atoms. The van der Waals surface area contributed by atoms with Crippen molar-refractivity contribution in [2.24, 2.45) is 5.92 Å². The summed E-state index contributed by atoms with van der Waals surface area (Å²) < 4.78 is 19.5. The quantitative estimate of drug-likeness (QED) is 0.694. The molecule has 1 unspecified atom stereocenters. The van der Waals surface area contributed by atoms with Crippen molar-refractivity contribution in [3.63, 3.8) is 0 Å². The van der Waals surface area contributed by atoms with Gasteiger partial charge in [-0.2, -0.15) is 4.68 Å². The number of nitrogens with one attached hydrogen (secondary N) is 1. The third-order valence-corrected chi connectivity index (χ3v) is 5.05. The number of aryl methyl sites for hydroxylation is 1. The molecule has 3 heterocycles. The molecule has 1 fully saturated rings. The van der Waals surface area contributed by atoms with E-state index in [-0.39, 0.29) is 30.2 Å². The van der Waals surface area contributed by atoms with Gasteiger partial charge in [-0.05, 0) is 62.7 Å². The number of carbonyl (C=O) groups is 1. The van der Waals surface area contributed by atoms with Crippen LogP contribution in [0.2, 0.25) is 0 Å². The third kappa shape index (κ3) is 4.62. The van der Waals surface area contributed by atoms with Crippen molar-refractivity contribution in [2.45, 2.75) is 26.4 Å². The monoisotopic (exact) mass is 411 g/mol. The molecule has 1 aliphatic rings. The zero-order chi connectivity index (χ0) is 21.1. The zero-order valence-corrected chi connectivity index (χ0v) is 16.5.